The van der Waals surface area contributed by atoms with Crippen molar-refractivity contribution in [1.82, 2.24) is 4.98 Å². The summed E-state index contributed by atoms with van der Waals surface area (Å²) in [6.45, 7) is 0. The zero-order chi connectivity index (χ0) is 19.1. The fourth-order valence-electron chi connectivity index (χ4n) is 2.29. The summed E-state index contributed by atoms with van der Waals surface area (Å²) >= 11 is 7.25. The van der Waals surface area contributed by atoms with Gasteiger partial charge in [0.15, 0.2) is 0 Å². The second kappa shape index (κ2) is 9.21. The van der Waals surface area contributed by atoms with Crippen LogP contribution >= 0.6 is 23.4 Å². The molecule has 7 heteroatoms. The minimum atomic E-state index is -0.316. The van der Waals surface area contributed by atoms with Gasteiger partial charge in [-0.1, -0.05) is 23.7 Å². The highest BCUT2D eigenvalue weighted by molar-refractivity contribution is 8.00. The molecule has 1 aromatic heterocycles. The van der Waals surface area contributed by atoms with Gasteiger partial charge in [-0.05, 0) is 48.5 Å². The summed E-state index contributed by atoms with van der Waals surface area (Å²) in [5, 5.41) is 6.21. The molecule has 0 radical (unpaired) electrons. The summed E-state index contributed by atoms with van der Waals surface area (Å²) in [7, 11) is 0. The van der Waals surface area contributed by atoms with Gasteiger partial charge in [-0.2, -0.15) is 0 Å². The average Bonchev–Trinajstić information content (AvgIpc) is 2.69. The molecule has 136 valence electrons. The van der Waals surface area contributed by atoms with Crippen LogP contribution in [0.3, 0.4) is 0 Å². The molecule has 0 bridgehead atoms. The van der Waals surface area contributed by atoms with Gasteiger partial charge in [-0.3, -0.25) is 14.6 Å². The van der Waals surface area contributed by atoms with Crippen molar-refractivity contribution in [1.29, 1.82) is 0 Å². The normalized spacial score (nSPS) is 10.3. The van der Waals surface area contributed by atoms with E-state index in [0.717, 1.165) is 4.90 Å². The molecule has 5 nitrogen and oxygen atoms in total. The third-order valence-electron chi connectivity index (χ3n) is 3.55. The van der Waals surface area contributed by atoms with E-state index in [1.54, 1.807) is 60.9 Å². The number of benzene rings is 2. The van der Waals surface area contributed by atoms with Gasteiger partial charge in [0.1, 0.15) is 0 Å². The lowest BCUT2D eigenvalue weighted by molar-refractivity contribution is -0.113. The van der Waals surface area contributed by atoms with Crippen molar-refractivity contribution < 1.29 is 9.59 Å². The first-order valence-electron chi connectivity index (χ1n) is 8.10. The lowest BCUT2D eigenvalue weighted by Crippen LogP contribution is -2.19. The summed E-state index contributed by atoms with van der Waals surface area (Å²) in [5.74, 6) is -0.291. The largest absolute Gasteiger partial charge is 0.325 e. The minimum absolute atomic E-state index is 0.198. The van der Waals surface area contributed by atoms with Crippen LogP contribution in [0.15, 0.2) is 78.0 Å². The average molecular weight is 398 g/mol. The topological polar surface area (TPSA) is 71.1 Å². The number of hydrogen-bond acceptors (Lipinski definition) is 4. The van der Waals surface area contributed by atoms with Crippen LogP contribution in [0, 0.1) is 0 Å². The Bertz CT molecular complexity index is 933. The summed E-state index contributed by atoms with van der Waals surface area (Å²) < 4.78 is 0. The Kier molecular flexibility index (Phi) is 6.46. The second-order valence-corrected chi connectivity index (χ2v) is 7.02. The zero-order valence-corrected chi connectivity index (χ0v) is 15.8. The van der Waals surface area contributed by atoms with Gasteiger partial charge in [0, 0.05) is 16.1 Å². The lowest BCUT2D eigenvalue weighted by Gasteiger charge is -2.11. The molecular weight excluding hydrogens is 382 g/mol. The standard InChI is InChI=1S/C20H16ClN3O2S/c21-14-7-9-16(10-8-14)27-13-19(25)24-18-6-2-1-5-17(18)20(26)23-15-4-3-11-22-12-15/h1-12H,13H2,(H,23,26)(H,24,25). The van der Waals surface area contributed by atoms with Gasteiger partial charge in [-0.15, -0.1) is 11.8 Å². The summed E-state index contributed by atoms with van der Waals surface area (Å²) in [6.07, 6.45) is 3.18. The first kappa shape index (κ1) is 18.9. The molecule has 0 aliphatic rings. The smallest absolute Gasteiger partial charge is 0.257 e. The van der Waals surface area contributed by atoms with Crippen molar-refractivity contribution >= 4 is 46.6 Å². The highest BCUT2D eigenvalue weighted by Crippen LogP contribution is 2.22. The Morgan fingerprint density at radius 3 is 2.48 bits per heavy atom. The number of nitrogens with one attached hydrogen (secondary N) is 2. The predicted octanol–water partition coefficient (Wildman–Crippen LogP) is 4.72. The Morgan fingerprint density at radius 2 is 1.74 bits per heavy atom. The van der Waals surface area contributed by atoms with Crippen molar-refractivity contribution in [3.63, 3.8) is 0 Å². The molecule has 2 amide bonds. The Morgan fingerprint density at radius 1 is 0.963 bits per heavy atom. The van der Waals surface area contributed by atoms with E-state index in [-0.39, 0.29) is 17.6 Å². The van der Waals surface area contributed by atoms with Crippen molar-refractivity contribution in [3.8, 4) is 0 Å². The first-order valence-corrected chi connectivity index (χ1v) is 9.47. The molecule has 0 fully saturated rings. The van der Waals surface area contributed by atoms with Crippen molar-refractivity contribution in [3.05, 3.63) is 83.6 Å². The Hall–Kier alpha value is -2.83. The van der Waals surface area contributed by atoms with Crippen molar-refractivity contribution in [2.24, 2.45) is 0 Å². The number of anilines is 2. The number of carbonyl (C=O) groups is 2. The number of para-hydroxylation sites is 1. The molecule has 0 aliphatic carbocycles. The second-order valence-electron chi connectivity index (χ2n) is 5.53. The van der Waals surface area contributed by atoms with E-state index in [0.29, 0.717) is 22.0 Å². The van der Waals surface area contributed by atoms with Crippen molar-refractivity contribution in [2.45, 2.75) is 4.90 Å². The molecule has 0 aliphatic heterocycles. The van der Waals surface area contributed by atoms with E-state index < -0.39 is 0 Å². The van der Waals surface area contributed by atoms with Crippen LogP contribution in [0.5, 0.6) is 0 Å². The third kappa shape index (κ3) is 5.57. The molecule has 3 aromatic rings. The number of halogens is 1. The van der Waals surface area contributed by atoms with Gasteiger partial charge in [0.25, 0.3) is 5.91 Å². The number of carbonyl (C=O) groups excluding carboxylic acids is 2. The number of aromatic nitrogens is 1. The van der Waals surface area contributed by atoms with Crippen LogP contribution < -0.4 is 10.6 Å². The van der Waals surface area contributed by atoms with Gasteiger partial charge >= 0.3 is 0 Å². The summed E-state index contributed by atoms with van der Waals surface area (Å²) in [4.78, 5) is 29.7. The maximum atomic E-state index is 12.5. The third-order valence-corrected chi connectivity index (χ3v) is 4.81. The lowest BCUT2D eigenvalue weighted by atomic mass is 10.1. The van der Waals surface area contributed by atoms with Crippen LogP contribution in [0.25, 0.3) is 0 Å². The highest BCUT2D eigenvalue weighted by Gasteiger charge is 2.13. The Labute approximate surface area is 166 Å². The quantitative estimate of drug-likeness (QED) is 0.590. The van der Waals surface area contributed by atoms with Crippen LogP contribution in [-0.2, 0) is 4.79 Å². The predicted molar refractivity (Wildman–Crippen MR) is 109 cm³/mol. The SMILES string of the molecule is O=C(CSc1ccc(Cl)cc1)Nc1ccccc1C(=O)Nc1cccnc1. The van der Waals surface area contributed by atoms with Crippen LogP contribution in [0.4, 0.5) is 11.4 Å². The first-order chi connectivity index (χ1) is 13.1. The molecular formula is C20H16ClN3O2S. The van der Waals surface area contributed by atoms with Crippen LogP contribution in [0.2, 0.25) is 5.02 Å². The van der Waals surface area contributed by atoms with Gasteiger partial charge in [-0.25, -0.2) is 0 Å². The van der Waals surface area contributed by atoms with E-state index in [2.05, 4.69) is 15.6 Å². The molecule has 2 N–H and O–H groups in total. The van der Waals surface area contributed by atoms with Crippen LogP contribution in [0.1, 0.15) is 10.4 Å². The fourth-order valence-corrected chi connectivity index (χ4v) is 3.12. The van der Waals surface area contributed by atoms with Gasteiger partial charge in [0.2, 0.25) is 5.91 Å². The van der Waals surface area contributed by atoms with E-state index >= 15 is 0 Å². The summed E-state index contributed by atoms with van der Waals surface area (Å²) in [5.41, 5.74) is 1.42. The summed E-state index contributed by atoms with van der Waals surface area (Å²) in [6, 6.07) is 17.6. The zero-order valence-electron chi connectivity index (χ0n) is 14.2. The number of nitrogens with zero attached hydrogens (tertiary/aromatic N) is 1. The van der Waals surface area contributed by atoms with E-state index in [1.807, 2.05) is 12.1 Å². The highest BCUT2D eigenvalue weighted by atomic mass is 35.5. The minimum Gasteiger partial charge on any atom is -0.325 e. The maximum absolute atomic E-state index is 12.5. The molecule has 1 heterocycles. The van der Waals surface area contributed by atoms with E-state index in [9.17, 15) is 9.59 Å². The van der Waals surface area contributed by atoms with Crippen molar-refractivity contribution in [2.75, 3.05) is 16.4 Å². The molecule has 0 unspecified atom stereocenters. The van der Waals surface area contributed by atoms with E-state index in [4.69, 9.17) is 11.6 Å². The molecule has 27 heavy (non-hydrogen) atoms. The number of thioether (sulfide) groups is 1. The van der Waals surface area contributed by atoms with Gasteiger partial charge in [0.05, 0.1) is 28.9 Å². The Balaban J connectivity index is 1.63. The van der Waals surface area contributed by atoms with Gasteiger partial charge < -0.3 is 10.6 Å². The molecule has 3 rings (SSSR count). The van der Waals surface area contributed by atoms with E-state index in [1.165, 1.54) is 11.8 Å². The monoisotopic (exact) mass is 397 g/mol. The molecule has 2 aromatic carbocycles. The molecule has 0 saturated carbocycles. The fraction of sp³-hybridized carbons (Fsp3) is 0.0500. The number of hydrogen-bond donors (Lipinski definition) is 2. The molecule has 0 saturated heterocycles. The number of pyridine rings is 1. The molecule has 0 spiro atoms. The number of rotatable bonds is 6. The number of amides is 2. The maximum Gasteiger partial charge on any atom is 0.257 e. The van der Waals surface area contributed by atoms with Crippen LogP contribution in [-0.4, -0.2) is 22.6 Å². The molecule has 0 atom stereocenters.